The van der Waals surface area contributed by atoms with Gasteiger partial charge in [0.15, 0.2) is 5.81 Å². The monoisotopic (exact) mass is 185 g/mol. The maximum atomic E-state index is 11.5. The number of benzene rings is 1. The Labute approximate surface area is 84.3 Å². The Balaban J connectivity index is 2.13. The Morgan fingerprint density at radius 1 is 1.21 bits per heavy atom. The minimum absolute atomic E-state index is 0.216. The molecule has 1 amide bonds. The van der Waals surface area contributed by atoms with Gasteiger partial charge in [0.1, 0.15) is 0 Å². The molecule has 0 aliphatic carbocycles. The summed E-state index contributed by atoms with van der Waals surface area (Å²) in [7, 11) is 1.68. The predicted octanol–water partition coefficient (Wildman–Crippen LogP) is 1.63. The molecule has 3 heteroatoms. The molecule has 0 spiro atoms. The van der Waals surface area contributed by atoms with E-state index < -0.39 is 0 Å². The molecule has 1 aromatic rings. The summed E-state index contributed by atoms with van der Waals surface area (Å²) in [6.07, 6.45) is 2.28. The summed E-state index contributed by atoms with van der Waals surface area (Å²) in [6, 6.07) is 9.20. The molecule has 1 aromatic carbocycles. The van der Waals surface area contributed by atoms with E-state index in [1.54, 1.807) is 7.85 Å². The Kier molecular flexibility index (Phi) is 1.52. The molecule has 14 heavy (non-hydrogen) atoms. The number of nitrogens with zero attached hydrogens (tertiary/aromatic N) is 1. The maximum absolute atomic E-state index is 11.5. The number of carbonyl (C=O) groups is 1. The topological polar surface area (TPSA) is 20.3 Å². The highest BCUT2D eigenvalue weighted by atomic mass is 16.2. The van der Waals surface area contributed by atoms with Crippen LogP contribution in [0.15, 0.2) is 24.3 Å². The summed E-state index contributed by atoms with van der Waals surface area (Å²) >= 11 is 0. The molecule has 2 nitrogen and oxygen atoms in total. The number of rotatable bonds is 0. The van der Waals surface area contributed by atoms with Crippen LogP contribution in [-0.2, 0) is 0 Å². The normalized spacial score (nSPS) is 27.9. The van der Waals surface area contributed by atoms with Gasteiger partial charge in [0.2, 0.25) is 7.85 Å². The number of amides is 1. The minimum atomic E-state index is 0.216. The third-order valence-corrected chi connectivity index (χ3v) is 3.46. The molecular formula is C11H12BNO. The van der Waals surface area contributed by atoms with E-state index in [1.165, 1.54) is 11.1 Å². The summed E-state index contributed by atoms with van der Waals surface area (Å²) in [5.41, 5.74) is 2.75. The van der Waals surface area contributed by atoms with Crippen molar-refractivity contribution in [1.29, 1.82) is 0 Å². The lowest BCUT2D eigenvalue weighted by atomic mass is 9.92. The van der Waals surface area contributed by atoms with Gasteiger partial charge in [-0.05, 0) is 24.0 Å². The van der Waals surface area contributed by atoms with Crippen LogP contribution < -0.4 is 0 Å². The van der Waals surface area contributed by atoms with Crippen molar-refractivity contribution in [2.45, 2.75) is 24.9 Å². The van der Waals surface area contributed by atoms with Crippen molar-refractivity contribution in [1.82, 2.24) is 4.90 Å². The maximum Gasteiger partial charge on any atom is 0.215 e. The highest BCUT2D eigenvalue weighted by Crippen LogP contribution is 2.52. The van der Waals surface area contributed by atoms with Crippen LogP contribution in [0.4, 0.5) is 4.79 Å². The van der Waals surface area contributed by atoms with Gasteiger partial charge in [-0.2, -0.15) is 0 Å². The molecule has 2 heterocycles. The number of fused-ring (bicyclic) bond motifs is 5. The molecule has 2 bridgehead atoms. The number of hydrogen-bond donors (Lipinski definition) is 0. The van der Waals surface area contributed by atoms with Gasteiger partial charge in [0, 0.05) is 0 Å². The highest BCUT2D eigenvalue weighted by Gasteiger charge is 2.44. The second-order valence-electron chi connectivity index (χ2n) is 4.16. The van der Waals surface area contributed by atoms with Crippen LogP contribution in [0.5, 0.6) is 0 Å². The van der Waals surface area contributed by atoms with E-state index in [-0.39, 0.29) is 5.81 Å². The Morgan fingerprint density at radius 3 is 2.14 bits per heavy atom. The SMILES string of the molecule is BC(=O)N1C2CCC1c1ccccc12. The summed E-state index contributed by atoms with van der Waals surface area (Å²) in [4.78, 5) is 13.5. The van der Waals surface area contributed by atoms with Gasteiger partial charge >= 0.3 is 0 Å². The van der Waals surface area contributed by atoms with E-state index in [4.69, 9.17) is 0 Å². The predicted molar refractivity (Wildman–Crippen MR) is 56.9 cm³/mol. The van der Waals surface area contributed by atoms with Crippen LogP contribution in [0.3, 0.4) is 0 Å². The first kappa shape index (κ1) is 8.10. The molecule has 0 aromatic heterocycles. The minimum Gasteiger partial charge on any atom is -0.338 e. The van der Waals surface area contributed by atoms with E-state index in [2.05, 4.69) is 24.3 Å². The van der Waals surface area contributed by atoms with E-state index in [9.17, 15) is 4.79 Å². The number of carbonyl (C=O) groups excluding carboxylic acids is 1. The van der Waals surface area contributed by atoms with Crippen molar-refractivity contribution in [2.24, 2.45) is 0 Å². The largest absolute Gasteiger partial charge is 0.338 e. The fourth-order valence-corrected chi connectivity index (χ4v) is 2.98. The average Bonchev–Trinajstić information content (AvgIpc) is 2.73. The molecule has 2 atom stereocenters. The summed E-state index contributed by atoms with van der Waals surface area (Å²) < 4.78 is 0. The fraction of sp³-hybridized carbons (Fsp3) is 0.364. The van der Waals surface area contributed by atoms with Gasteiger partial charge in [-0.25, -0.2) is 0 Å². The third-order valence-electron chi connectivity index (χ3n) is 3.46. The molecule has 70 valence electrons. The average molecular weight is 185 g/mol. The highest BCUT2D eigenvalue weighted by molar-refractivity contribution is 6.57. The van der Waals surface area contributed by atoms with Crippen molar-refractivity contribution >= 4 is 13.7 Å². The molecule has 3 rings (SSSR count). The lowest BCUT2D eigenvalue weighted by Gasteiger charge is -2.20. The zero-order chi connectivity index (χ0) is 9.71. The zero-order valence-electron chi connectivity index (χ0n) is 8.23. The van der Waals surface area contributed by atoms with E-state index >= 15 is 0 Å². The van der Waals surface area contributed by atoms with Crippen LogP contribution >= 0.6 is 0 Å². The van der Waals surface area contributed by atoms with Crippen molar-refractivity contribution in [2.75, 3.05) is 0 Å². The first-order chi connectivity index (χ1) is 6.79. The van der Waals surface area contributed by atoms with Crippen molar-refractivity contribution in [3.05, 3.63) is 35.4 Å². The van der Waals surface area contributed by atoms with Crippen molar-refractivity contribution in [3.8, 4) is 0 Å². The second kappa shape index (κ2) is 2.63. The van der Waals surface area contributed by atoms with Gasteiger partial charge in [0.05, 0.1) is 12.1 Å². The van der Waals surface area contributed by atoms with E-state index in [0.29, 0.717) is 12.1 Å². The van der Waals surface area contributed by atoms with Crippen molar-refractivity contribution < 1.29 is 4.79 Å². The molecule has 2 aliphatic rings. The summed E-state index contributed by atoms with van der Waals surface area (Å²) in [6.45, 7) is 0. The Morgan fingerprint density at radius 2 is 1.71 bits per heavy atom. The van der Waals surface area contributed by atoms with Gasteiger partial charge < -0.3 is 4.90 Å². The van der Waals surface area contributed by atoms with Gasteiger partial charge in [-0.3, -0.25) is 4.79 Å². The quantitative estimate of drug-likeness (QED) is 0.562. The zero-order valence-corrected chi connectivity index (χ0v) is 8.23. The summed E-state index contributed by atoms with van der Waals surface area (Å²) in [5, 5.41) is 0. The molecule has 2 aliphatic heterocycles. The molecule has 0 N–H and O–H groups in total. The standard InChI is InChI=1S/C11H12BNO/c12-11(14)13-9-5-6-10(13)8-4-2-1-3-7(8)9/h1-4,9-10H,5-6,12H2. The lowest BCUT2D eigenvalue weighted by Crippen LogP contribution is -2.26. The van der Waals surface area contributed by atoms with Crippen LogP contribution in [0, 0.1) is 0 Å². The molecule has 1 fully saturated rings. The lowest BCUT2D eigenvalue weighted by molar-refractivity contribution is 0.207. The molecule has 2 unspecified atom stereocenters. The van der Waals surface area contributed by atoms with Crippen LogP contribution in [0.25, 0.3) is 0 Å². The van der Waals surface area contributed by atoms with E-state index in [0.717, 1.165) is 12.8 Å². The van der Waals surface area contributed by atoms with Crippen LogP contribution in [-0.4, -0.2) is 18.6 Å². The van der Waals surface area contributed by atoms with Gasteiger partial charge in [0.25, 0.3) is 0 Å². The van der Waals surface area contributed by atoms with E-state index in [1.807, 2.05) is 4.90 Å². The first-order valence-electron chi connectivity index (χ1n) is 5.17. The summed E-state index contributed by atoms with van der Waals surface area (Å²) in [5.74, 6) is 0.216. The van der Waals surface area contributed by atoms with Crippen LogP contribution in [0.2, 0.25) is 0 Å². The molecular weight excluding hydrogens is 173 g/mol. The van der Waals surface area contributed by atoms with Gasteiger partial charge in [-0.1, -0.05) is 24.3 Å². The third kappa shape index (κ3) is 0.847. The number of hydrogen-bond acceptors (Lipinski definition) is 1. The fourth-order valence-electron chi connectivity index (χ4n) is 2.98. The molecule has 1 saturated heterocycles. The molecule has 0 radical (unpaired) electrons. The van der Waals surface area contributed by atoms with Gasteiger partial charge in [-0.15, -0.1) is 0 Å². The Hall–Kier alpha value is -1.25. The smallest absolute Gasteiger partial charge is 0.215 e. The second-order valence-corrected chi connectivity index (χ2v) is 4.16. The Bertz CT molecular complexity index is 373. The first-order valence-corrected chi connectivity index (χ1v) is 5.17. The van der Waals surface area contributed by atoms with Crippen LogP contribution in [0.1, 0.15) is 36.1 Å². The molecule has 0 saturated carbocycles. The van der Waals surface area contributed by atoms with Crippen molar-refractivity contribution in [3.63, 3.8) is 0 Å².